The summed E-state index contributed by atoms with van der Waals surface area (Å²) in [6.45, 7) is 0. The van der Waals surface area contributed by atoms with Crippen LogP contribution >= 0.6 is 0 Å². The summed E-state index contributed by atoms with van der Waals surface area (Å²) in [5.41, 5.74) is 0.361. The summed E-state index contributed by atoms with van der Waals surface area (Å²) < 4.78 is 15.1. The second-order valence-electron chi connectivity index (χ2n) is 2.56. The second-order valence-corrected chi connectivity index (χ2v) is 2.56. The van der Waals surface area contributed by atoms with Crippen molar-refractivity contribution in [3.05, 3.63) is 23.7 Å². The van der Waals surface area contributed by atoms with Crippen LogP contribution in [0.1, 0.15) is 0 Å². The Labute approximate surface area is 77.3 Å². The van der Waals surface area contributed by atoms with E-state index in [1.54, 1.807) is 33.5 Å². The van der Waals surface area contributed by atoms with Crippen LogP contribution in [0.25, 0.3) is 0 Å². The van der Waals surface area contributed by atoms with Gasteiger partial charge in [-0.1, -0.05) is 0 Å². The highest BCUT2D eigenvalue weighted by molar-refractivity contribution is 5.99. The zero-order chi connectivity index (χ0) is 9.84. The molecule has 0 heterocycles. The molecule has 4 nitrogen and oxygen atoms in total. The number of hydrogen-bond donors (Lipinski definition) is 1. The van der Waals surface area contributed by atoms with Crippen LogP contribution in [0, 0.1) is 5.41 Å². The zero-order valence-electron chi connectivity index (χ0n) is 7.96. The van der Waals surface area contributed by atoms with Crippen molar-refractivity contribution >= 4 is 5.71 Å². The highest BCUT2D eigenvalue weighted by Gasteiger charge is 2.20. The molecule has 1 N–H and O–H groups in total. The van der Waals surface area contributed by atoms with E-state index in [0.717, 1.165) is 0 Å². The molecule has 1 rings (SSSR count). The molecule has 1 unspecified atom stereocenters. The van der Waals surface area contributed by atoms with Gasteiger partial charge in [0, 0.05) is 13.2 Å². The number of rotatable bonds is 3. The van der Waals surface area contributed by atoms with Gasteiger partial charge in [-0.2, -0.15) is 0 Å². The molecule has 0 bridgehead atoms. The third-order valence-electron chi connectivity index (χ3n) is 1.83. The summed E-state index contributed by atoms with van der Waals surface area (Å²) in [7, 11) is 4.65. The van der Waals surface area contributed by atoms with E-state index in [0.29, 0.717) is 17.2 Å². The van der Waals surface area contributed by atoms with E-state index >= 15 is 0 Å². The van der Waals surface area contributed by atoms with Gasteiger partial charge in [-0.15, -0.1) is 0 Å². The lowest BCUT2D eigenvalue weighted by Gasteiger charge is -2.19. The van der Waals surface area contributed by atoms with E-state index in [2.05, 4.69) is 0 Å². The van der Waals surface area contributed by atoms with E-state index < -0.39 is 0 Å². The molecule has 4 heteroatoms. The zero-order valence-corrected chi connectivity index (χ0v) is 7.96. The first kappa shape index (κ1) is 9.80. The Hall–Kier alpha value is -1.29. The smallest absolute Gasteiger partial charge is 0.162 e. The fourth-order valence-corrected chi connectivity index (χ4v) is 1.13. The average Bonchev–Trinajstić information content (AvgIpc) is 2.17. The van der Waals surface area contributed by atoms with Crippen LogP contribution in [0.5, 0.6) is 0 Å². The Morgan fingerprint density at radius 1 is 1.15 bits per heavy atom. The molecule has 0 aliphatic heterocycles. The van der Waals surface area contributed by atoms with Gasteiger partial charge >= 0.3 is 0 Å². The monoisotopic (exact) mass is 183 g/mol. The molecule has 0 aromatic rings. The minimum Gasteiger partial charge on any atom is -0.493 e. The van der Waals surface area contributed by atoms with Gasteiger partial charge in [0.2, 0.25) is 0 Å². The molecule has 0 saturated heterocycles. The van der Waals surface area contributed by atoms with Crippen molar-refractivity contribution in [2.45, 2.75) is 6.10 Å². The van der Waals surface area contributed by atoms with Crippen molar-refractivity contribution in [3.8, 4) is 0 Å². The Morgan fingerprint density at radius 3 is 2.23 bits per heavy atom. The molecule has 0 amide bonds. The minimum atomic E-state index is -0.339. The van der Waals surface area contributed by atoms with Crippen molar-refractivity contribution in [3.63, 3.8) is 0 Å². The summed E-state index contributed by atoms with van der Waals surface area (Å²) in [6, 6.07) is 0. The van der Waals surface area contributed by atoms with Crippen molar-refractivity contribution in [2.24, 2.45) is 0 Å². The van der Waals surface area contributed by atoms with E-state index in [1.165, 1.54) is 0 Å². The molecular weight excluding hydrogens is 170 g/mol. The van der Waals surface area contributed by atoms with Crippen LogP contribution < -0.4 is 0 Å². The molecular formula is C9H13NO3. The Morgan fingerprint density at radius 2 is 1.77 bits per heavy atom. The van der Waals surface area contributed by atoms with Crippen LogP contribution in [0.4, 0.5) is 0 Å². The lowest BCUT2D eigenvalue weighted by atomic mass is 10.1. The quantitative estimate of drug-likeness (QED) is 0.712. The molecule has 1 atom stereocenters. The molecule has 0 fully saturated rings. The Bertz CT molecular complexity index is 268. The predicted octanol–water partition coefficient (Wildman–Crippen LogP) is 1.10. The fraction of sp³-hybridized carbons (Fsp3) is 0.444. The van der Waals surface area contributed by atoms with Gasteiger partial charge in [-0.3, -0.25) is 0 Å². The Kier molecular flexibility index (Phi) is 3.08. The van der Waals surface area contributed by atoms with Crippen molar-refractivity contribution in [1.82, 2.24) is 0 Å². The van der Waals surface area contributed by atoms with Crippen molar-refractivity contribution in [2.75, 3.05) is 21.3 Å². The molecule has 0 aromatic heterocycles. The normalized spacial score (nSPS) is 22.1. The van der Waals surface area contributed by atoms with E-state index in [4.69, 9.17) is 19.6 Å². The topological polar surface area (TPSA) is 51.5 Å². The van der Waals surface area contributed by atoms with Crippen LogP contribution in [-0.4, -0.2) is 33.1 Å². The van der Waals surface area contributed by atoms with Gasteiger partial charge in [0.1, 0.15) is 6.10 Å². The lowest BCUT2D eigenvalue weighted by molar-refractivity contribution is 0.172. The maximum Gasteiger partial charge on any atom is 0.162 e. The summed E-state index contributed by atoms with van der Waals surface area (Å²) in [6.07, 6.45) is 2.96. The largest absolute Gasteiger partial charge is 0.493 e. The first-order valence-electron chi connectivity index (χ1n) is 3.86. The van der Waals surface area contributed by atoms with E-state index in [9.17, 15) is 0 Å². The van der Waals surface area contributed by atoms with Crippen LogP contribution in [0.3, 0.4) is 0 Å². The number of ether oxygens (including phenoxy) is 3. The molecule has 0 radical (unpaired) electrons. The summed E-state index contributed by atoms with van der Waals surface area (Å²) in [5, 5.41) is 7.56. The Balaban J connectivity index is 2.91. The van der Waals surface area contributed by atoms with Crippen LogP contribution in [-0.2, 0) is 14.2 Å². The van der Waals surface area contributed by atoms with E-state index in [-0.39, 0.29) is 6.10 Å². The van der Waals surface area contributed by atoms with E-state index in [1.807, 2.05) is 0 Å². The predicted molar refractivity (Wildman–Crippen MR) is 48.7 cm³/mol. The summed E-state index contributed by atoms with van der Waals surface area (Å²) in [5.74, 6) is 1.16. The maximum absolute atomic E-state index is 7.56. The third kappa shape index (κ3) is 1.89. The first-order chi connectivity index (χ1) is 6.22. The lowest BCUT2D eigenvalue weighted by Crippen LogP contribution is -2.23. The molecule has 1 aliphatic rings. The molecule has 13 heavy (non-hydrogen) atoms. The van der Waals surface area contributed by atoms with Gasteiger partial charge in [-0.05, 0) is 6.08 Å². The number of methoxy groups -OCH3 is 3. The molecule has 0 spiro atoms. The highest BCUT2D eigenvalue weighted by atomic mass is 16.5. The molecule has 0 saturated carbocycles. The van der Waals surface area contributed by atoms with Crippen LogP contribution in [0.2, 0.25) is 0 Å². The first-order valence-corrected chi connectivity index (χ1v) is 3.86. The number of nitrogens with one attached hydrogen (secondary N) is 1. The average molecular weight is 183 g/mol. The van der Waals surface area contributed by atoms with Gasteiger partial charge in [0.25, 0.3) is 0 Å². The molecule has 72 valence electrons. The van der Waals surface area contributed by atoms with Gasteiger partial charge < -0.3 is 19.6 Å². The maximum atomic E-state index is 7.56. The van der Waals surface area contributed by atoms with Crippen molar-refractivity contribution < 1.29 is 14.2 Å². The fourth-order valence-electron chi connectivity index (χ4n) is 1.13. The molecule has 1 aliphatic carbocycles. The highest BCUT2D eigenvalue weighted by Crippen LogP contribution is 2.19. The molecule has 0 aromatic carbocycles. The standard InChI is InChI=1S/C9H13NO3/c1-11-7-5-9(13-3)8(12-2)4-6(7)10/h4-5,7,10H,1-3H3. The summed E-state index contributed by atoms with van der Waals surface area (Å²) >= 11 is 0. The second kappa shape index (κ2) is 4.09. The van der Waals surface area contributed by atoms with Gasteiger partial charge in [0.05, 0.1) is 19.9 Å². The summed E-state index contributed by atoms with van der Waals surface area (Å²) in [4.78, 5) is 0. The SMILES string of the molecule is COC1=CC(=N)C(OC)C=C1OC. The number of hydrogen-bond acceptors (Lipinski definition) is 4. The third-order valence-corrected chi connectivity index (χ3v) is 1.83. The van der Waals surface area contributed by atoms with Crippen molar-refractivity contribution in [1.29, 1.82) is 5.41 Å². The van der Waals surface area contributed by atoms with Gasteiger partial charge in [0.15, 0.2) is 11.5 Å². The van der Waals surface area contributed by atoms with Gasteiger partial charge in [-0.25, -0.2) is 0 Å². The van der Waals surface area contributed by atoms with Crippen LogP contribution in [0.15, 0.2) is 23.7 Å². The minimum absolute atomic E-state index is 0.339.